The van der Waals surface area contributed by atoms with E-state index < -0.39 is 0 Å². The molecule has 7 nitrogen and oxygen atoms in total. The lowest BCUT2D eigenvalue weighted by atomic mass is 10.5. The van der Waals surface area contributed by atoms with Gasteiger partial charge in [-0.15, -0.1) is 15.3 Å². The Morgan fingerprint density at radius 1 is 1.47 bits per heavy atom. The monoisotopic (exact) mass is 208 g/mol. The van der Waals surface area contributed by atoms with Crippen molar-refractivity contribution in [1.29, 1.82) is 0 Å². The normalized spacial score (nSPS) is 10.7. The van der Waals surface area contributed by atoms with Crippen LogP contribution in [0, 0.1) is 6.92 Å². The van der Waals surface area contributed by atoms with Crippen LogP contribution >= 0.6 is 0 Å². The number of aromatic nitrogens is 5. The highest BCUT2D eigenvalue weighted by Crippen LogP contribution is 1.96. The molecule has 0 aromatic carbocycles. The first kappa shape index (κ1) is 9.78. The molecule has 0 saturated carbocycles. The molecule has 0 unspecified atom stereocenters. The largest absolute Gasteiger partial charge is 0.424 e. The molecule has 80 valence electrons. The molecule has 15 heavy (non-hydrogen) atoms. The zero-order chi connectivity index (χ0) is 10.5. The Labute approximate surface area is 86.5 Å². The Morgan fingerprint density at radius 3 is 3.07 bits per heavy atom. The maximum absolute atomic E-state index is 5.20. The van der Waals surface area contributed by atoms with Gasteiger partial charge in [0.05, 0.1) is 19.3 Å². The van der Waals surface area contributed by atoms with E-state index in [1.54, 1.807) is 17.8 Å². The molecule has 0 aliphatic rings. The summed E-state index contributed by atoms with van der Waals surface area (Å²) in [6.07, 6.45) is 3.47. The maximum atomic E-state index is 5.20. The number of rotatable bonds is 5. The Hall–Kier alpha value is -1.76. The zero-order valence-corrected chi connectivity index (χ0v) is 8.42. The average Bonchev–Trinajstić information content (AvgIpc) is 2.84. The fraction of sp³-hybridized carbons (Fsp3) is 0.500. The summed E-state index contributed by atoms with van der Waals surface area (Å²) in [5.41, 5.74) is 0. The van der Waals surface area contributed by atoms with Crippen molar-refractivity contribution in [1.82, 2.24) is 30.5 Å². The summed E-state index contributed by atoms with van der Waals surface area (Å²) in [4.78, 5) is 0. The minimum absolute atomic E-state index is 0.579. The van der Waals surface area contributed by atoms with E-state index >= 15 is 0 Å². The summed E-state index contributed by atoms with van der Waals surface area (Å²) in [5.74, 6) is 1.19. The van der Waals surface area contributed by atoms with Gasteiger partial charge >= 0.3 is 0 Å². The molecule has 0 saturated heterocycles. The van der Waals surface area contributed by atoms with Crippen molar-refractivity contribution in [2.24, 2.45) is 0 Å². The first-order valence-corrected chi connectivity index (χ1v) is 4.68. The Bertz CT molecular complexity index is 395. The van der Waals surface area contributed by atoms with Crippen LogP contribution < -0.4 is 5.32 Å². The van der Waals surface area contributed by atoms with Crippen molar-refractivity contribution in [3.05, 3.63) is 24.2 Å². The molecule has 2 heterocycles. The molecule has 0 bridgehead atoms. The number of hydrogen-bond acceptors (Lipinski definition) is 6. The standard InChI is InChI=1S/C8H12N6O/c1-7-11-12-8(15-7)6-9-2-4-14-5-3-10-13-14/h3,5,9H,2,4,6H2,1H3. The van der Waals surface area contributed by atoms with E-state index in [0.717, 1.165) is 13.1 Å². The lowest BCUT2D eigenvalue weighted by Gasteiger charge is -2.00. The third-order valence-corrected chi connectivity index (χ3v) is 1.83. The fourth-order valence-corrected chi connectivity index (χ4v) is 1.15. The predicted octanol–water partition coefficient (Wildman–Crippen LogP) is -0.241. The van der Waals surface area contributed by atoms with Crippen LogP contribution in [0.1, 0.15) is 11.8 Å². The number of nitrogens with one attached hydrogen (secondary N) is 1. The van der Waals surface area contributed by atoms with Crippen LogP contribution in [-0.2, 0) is 13.1 Å². The second kappa shape index (κ2) is 4.65. The smallest absolute Gasteiger partial charge is 0.230 e. The molecule has 0 amide bonds. The van der Waals surface area contributed by atoms with Gasteiger partial charge in [0.15, 0.2) is 0 Å². The molecule has 7 heteroatoms. The van der Waals surface area contributed by atoms with Gasteiger partial charge in [-0.25, -0.2) is 0 Å². The second-order valence-electron chi connectivity index (χ2n) is 3.06. The van der Waals surface area contributed by atoms with Crippen LogP contribution in [0.2, 0.25) is 0 Å². The van der Waals surface area contributed by atoms with Crippen LogP contribution in [0.25, 0.3) is 0 Å². The van der Waals surface area contributed by atoms with Crippen LogP contribution in [-0.4, -0.2) is 31.7 Å². The van der Waals surface area contributed by atoms with Gasteiger partial charge in [0.2, 0.25) is 11.8 Å². The third kappa shape index (κ3) is 2.84. The van der Waals surface area contributed by atoms with Crippen molar-refractivity contribution in [3.8, 4) is 0 Å². The molecule has 0 aliphatic carbocycles. The Kier molecular flexibility index (Phi) is 3.03. The molecule has 2 aromatic heterocycles. The van der Waals surface area contributed by atoms with Gasteiger partial charge in [0.25, 0.3) is 0 Å². The number of nitrogens with zero attached hydrogens (tertiary/aromatic N) is 5. The predicted molar refractivity (Wildman–Crippen MR) is 50.8 cm³/mol. The van der Waals surface area contributed by atoms with Crippen molar-refractivity contribution in [3.63, 3.8) is 0 Å². The van der Waals surface area contributed by atoms with Crippen molar-refractivity contribution in [2.75, 3.05) is 6.54 Å². The summed E-state index contributed by atoms with van der Waals surface area (Å²) >= 11 is 0. The first-order valence-electron chi connectivity index (χ1n) is 4.68. The van der Waals surface area contributed by atoms with Gasteiger partial charge < -0.3 is 9.73 Å². The summed E-state index contributed by atoms with van der Waals surface area (Å²) in [6, 6.07) is 0. The maximum Gasteiger partial charge on any atom is 0.230 e. The molecule has 0 atom stereocenters. The molecule has 2 aromatic rings. The third-order valence-electron chi connectivity index (χ3n) is 1.83. The van der Waals surface area contributed by atoms with Crippen LogP contribution in [0.3, 0.4) is 0 Å². The molecule has 0 radical (unpaired) electrons. The highest BCUT2D eigenvalue weighted by atomic mass is 16.4. The lowest BCUT2D eigenvalue weighted by molar-refractivity contribution is 0.438. The van der Waals surface area contributed by atoms with E-state index in [-0.39, 0.29) is 0 Å². The summed E-state index contributed by atoms with van der Waals surface area (Å²) < 4.78 is 6.96. The lowest BCUT2D eigenvalue weighted by Crippen LogP contribution is -2.20. The van der Waals surface area contributed by atoms with Gasteiger partial charge in [-0.1, -0.05) is 5.21 Å². The van der Waals surface area contributed by atoms with Gasteiger partial charge in [-0.3, -0.25) is 4.68 Å². The Balaban J connectivity index is 1.67. The summed E-state index contributed by atoms with van der Waals surface area (Å²) in [7, 11) is 0. The van der Waals surface area contributed by atoms with E-state index in [4.69, 9.17) is 4.42 Å². The number of aryl methyl sites for hydroxylation is 1. The van der Waals surface area contributed by atoms with E-state index in [2.05, 4.69) is 25.8 Å². The van der Waals surface area contributed by atoms with E-state index in [0.29, 0.717) is 18.3 Å². The first-order chi connectivity index (χ1) is 7.34. The van der Waals surface area contributed by atoms with Gasteiger partial charge in [0.1, 0.15) is 0 Å². The second-order valence-corrected chi connectivity index (χ2v) is 3.06. The highest BCUT2D eigenvalue weighted by molar-refractivity contribution is 4.77. The van der Waals surface area contributed by atoms with Gasteiger partial charge in [-0.2, -0.15) is 0 Å². The average molecular weight is 208 g/mol. The molecule has 0 spiro atoms. The van der Waals surface area contributed by atoms with Crippen molar-refractivity contribution < 1.29 is 4.42 Å². The molecule has 2 rings (SSSR count). The van der Waals surface area contributed by atoms with Crippen LogP contribution in [0.4, 0.5) is 0 Å². The van der Waals surface area contributed by atoms with E-state index in [1.165, 1.54) is 0 Å². The van der Waals surface area contributed by atoms with Gasteiger partial charge in [0, 0.05) is 19.7 Å². The van der Waals surface area contributed by atoms with Crippen LogP contribution in [0.5, 0.6) is 0 Å². The SMILES string of the molecule is Cc1nnc(CNCCn2ccnn2)o1. The quantitative estimate of drug-likeness (QED) is 0.683. The molecule has 0 aliphatic heterocycles. The van der Waals surface area contributed by atoms with Crippen molar-refractivity contribution in [2.45, 2.75) is 20.0 Å². The number of hydrogen-bond donors (Lipinski definition) is 1. The molecular formula is C8H12N6O. The minimum atomic E-state index is 0.579. The molecular weight excluding hydrogens is 196 g/mol. The van der Waals surface area contributed by atoms with Crippen molar-refractivity contribution >= 4 is 0 Å². The van der Waals surface area contributed by atoms with E-state index in [9.17, 15) is 0 Å². The summed E-state index contributed by atoms with van der Waals surface area (Å²) in [6.45, 7) is 3.90. The van der Waals surface area contributed by atoms with E-state index in [1.807, 2.05) is 6.20 Å². The molecule has 0 fully saturated rings. The van der Waals surface area contributed by atoms with Crippen LogP contribution in [0.15, 0.2) is 16.8 Å². The summed E-state index contributed by atoms with van der Waals surface area (Å²) in [5, 5.41) is 18.3. The topological polar surface area (TPSA) is 81.7 Å². The Morgan fingerprint density at radius 2 is 2.40 bits per heavy atom. The van der Waals surface area contributed by atoms with Gasteiger partial charge in [-0.05, 0) is 0 Å². The zero-order valence-electron chi connectivity index (χ0n) is 8.42. The highest BCUT2D eigenvalue weighted by Gasteiger charge is 2.00. The molecule has 1 N–H and O–H groups in total. The fourth-order valence-electron chi connectivity index (χ4n) is 1.15. The minimum Gasteiger partial charge on any atom is -0.424 e.